The largest absolute Gasteiger partial charge is 0.344 e. The molecule has 1 saturated heterocycles. The van der Waals surface area contributed by atoms with Crippen molar-refractivity contribution in [1.82, 2.24) is 10.2 Å². The van der Waals surface area contributed by atoms with Crippen LogP contribution in [0.2, 0.25) is 5.02 Å². The van der Waals surface area contributed by atoms with Gasteiger partial charge in [0.05, 0.1) is 0 Å². The van der Waals surface area contributed by atoms with Gasteiger partial charge in [0.25, 0.3) is 0 Å². The number of hydrogen-bond donors (Lipinski definition) is 1. The smallest absolute Gasteiger partial charge is 0.245 e. The van der Waals surface area contributed by atoms with Crippen molar-refractivity contribution in [3.05, 3.63) is 34.6 Å². The monoisotopic (exact) mass is 312 g/mol. The molecule has 0 aliphatic carbocycles. The molecule has 1 N–H and O–H groups in total. The molecule has 1 aliphatic heterocycles. The van der Waals surface area contributed by atoms with E-state index in [1.807, 2.05) is 6.92 Å². The minimum atomic E-state index is -0.544. The number of nitrogens with one attached hydrogen (secondary N) is 1. The molecule has 1 fully saturated rings. The summed E-state index contributed by atoms with van der Waals surface area (Å²) in [6.45, 7) is 3.76. The van der Waals surface area contributed by atoms with Gasteiger partial charge in [0.2, 0.25) is 11.8 Å². The van der Waals surface area contributed by atoms with Crippen molar-refractivity contribution >= 4 is 23.4 Å². The lowest BCUT2D eigenvalue weighted by Crippen LogP contribution is -2.45. The van der Waals surface area contributed by atoms with Crippen molar-refractivity contribution < 1.29 is 14.0 Å². The summed E-state index contributed by atoms with van der Waals surface area (Å²) in [7, 11) is 0. The lowest BCUT2D eigenvalue weighted by molar-refractivity contribution is -0.135. The summed E-state index contributed by atoms with van der Waals surface area (Å²) in [4.78, 5) is 25.8. The Morgan fingerprint density at radius 1 is 1.43 bits per heavy atom. The number of halogens is 2. The van der Waals surface area contributed by atoms with Crippen LogP contribution in [0.15, 0.2) is 18.2 Å². The van der Waals surface area contributed by atoms with Gasteiger partial charge in [0.15, 0.2) is 0 Å². The Morgan fingerprint density at radius 3 is 2.76 bits per heavy atom. The van der Waals surface area contributed by atoms with E-state index in [1.165, 1.54) is 6.07 Å². The minimum Gasteiger partial charge on any atom is -0.344 e. The van der Waals surface area contributed by atoms with Gasteiger partial charge in [-0.3, -0.25) is 9.59 Å². The predicted molar refractivity (Wildman–Crippen MR) is 78.3 cm³/mol. The van der Waals surface area contributed by atoms with Crippen LogP contribution < -0.4 is 5.32 Å². The van der Waals surface area contributed by atoms with Gasteiger partial charge >= 0.3 is 0 Å². The SMILES string of the molecule is CCC1NC(=O)CC(C)N(Cc2ccc(Cl)cc2F)C1=O. The maximum atomic E-state index is 13.9. The molecule has 114 valence electrons. The van der Waals surface area contributed by atoms with E-state index in [-0.39, 0.29) is 30.8 Å². The summed E-state index contributed by atoms with van der Waals surface area (Å²) in [5.41, 5.74) is 0.392. The standard InChI is InChI=1S/C15H18ClFN2O2/c1-3-13-15(21)19(9(2)6-14(20)18-13)8-10-4-5-11(16)7-12(10)17/h4-5,7,9,13H,3,6,8H2,1-2H3,(H,18,20). The zero-order valence-corrected chi connectivity index (χ0v) is 12.8. The van der Waals surface area contributed by atoms with Crippen molar-refractivity contribution in [3.8, 4) is 0 Å². The van der Waals surface area contributed by atoms with E-state index in [2.05, 4.69) is 5.32 Å². The second kappa shape index (κ2) is 6.43. The van der Waals surface area contributed by atoms with Gasteiger partial charge in [0.1, 0.15) is 11.9 Å². The fraction of sp³-hybridized carbons (Fsp3) is 0.467. The van der Waals surface area contributed by atoms with E-state index in [9.17, 15) is 14.0 Å². The highest BCUT2D eigenvalue weighted by molar-refractivity contribution is 6.30. The molecule has 1 aliphatic rings. The van der Waals surface area contributed by atoms with Crippen LogP contribution in [-0.2, 0) is 16.1 Å². The summed E-state index contributed by atoms with van der Waals surface area (Å²) >= 11 is 5.73. The highest BCUT2D eigenvalue weighted by atomic mass is 35.5. The van der Waals surface area contributed by atoms with Crippen molar-refractivity contribution in [2.24, 2.45) is 0 Å². The molecule has 1 aromatic rings. The van der Waals surface area contributed by atoms with Crippen LogP contribution in [0.3, 0.4) is 0 Å². The van der Waals surface area contributed by atoms with E-state index < -0.39 is 11.9 Å². The summed E-state index contributed by atoms with van der Waals surface area (Å²) in [5, 5.41) is 3.02. The van der Waals surface area contributed by atoms with Gasteiger partial charge in [-0.2, -0.15) is 0 Å². The van der Waals surface area contributed by atoms with Crippen molar-refractivity contribution in [2.45, 2.75) is 45.3 Å². The van der Waals surface area contributed by atoms with Crippen LogP contribution in [0, 0.1) is 5.82 Å². The zero-order valence-electron chi connectivity index (χ0n) is 12.0. The van der Waals surface area contributed by atoms with Gasteiger partial charge in [-0.25, -0.2) is 4.39 Å². The second-order valence-electron chi connectivity index (χ2n) is 5.28. The number of hydrogen-bond acceptors (Lipinski definition) is 2. The van der Waals surface area contributed by atoms with E-state index in [0.717, 1.165) is 0 Å². The first-order valence-corrected chi connectivity index (χ1v) is 7.34. The van der Waals surface area contributed by atoms with Crippen LogP contribution in [-0.4, -0.2) is 28.8 Å². The molecule has 0 saturated carbocycles. The molecule has 6 heteroatoms. The first kappa shape index (κ1) is 15.8. The first-order valence-electron chi connectivity index (χ1n) is 6.96. The first-order chi connectivity index (χ1) is 9.92. The second-order valence-corrected chi connectivity index (χ2v) is 5.72. The Balaban J connectivity index is 2.26. The maximum Gasteiger partial charge on any atom is 0.245 e. The van der Waals surface area contributed by atoms with E-state index in [0.29, 0.717) is 17.0 Å². The van der Waals surface area contributed by atoms with Crippen LogP contribution >= 0.6 is 11.6 Å². The molecular formula is C15H18ClFN2O2. The van der Waals surface area contributed by atoms with Crippen molar-refractivity contribution in [1.29, 1.82) is 0 Å². The van der Waals surface area contributed by atoms with Crippen LogP contribution in [0.1, 0.15) is 32.3 Å². The van der Waals surface area contributed by atoms with E-state index in [1.54, 1.807) is 24.0 Å². The van der Waals surface area contributed by atoms with Gasteiger partial charge in [-0.1, -0.05) is 24.6 Å². The van der Waals surface area contributed by atoms with Gasteiger partial charge in [-0.15, -0.1) is 0 Å². The number of carbonyl (C=O) groups is 2. The molecule has 4 nitrogen and oxygen atoms in total. The van der Waals surface area contributed by atoms with E-state index >= 15 is 0 Å². The van der Waals surface area contributed by atoms with Gasteiger partial charge in [-0.05, 0) is 25.5 Å². The normalized spacial score (nSPS) is 23.0. The average molecular weight is 313 g/mol. The Bertz CT molecular complexity index is 565. The van der Waals surface area contributed by atoms with Crippen molar-refractivity contribution in [2.75, 3.05) is 0 Å². The zero-order chi connectivity index (χ0) is 15.6. The van der Waals surface area contributed by atoms with Crippen LogP contribution in [0.5, 0.6) is 0 Å². The van der Waals surface area contributed by atoms with Crippen LogP contribution in [0.4, 0.5) is 4.39 Å². The van der Waals surface area contributed by atoms with Gasteiger partial charge < -0.3 is 10.2 Å². The Morgan fingerprint density at radius 2 is 2.14 bits per heavy atom. The highest BCUT2D eigenvalue weighted by Gasteiger charge is 2.33. The molecule has 21 heavy (non-hydrogen) atoms. The molecule has 1 heterocycles. The summed E-state index contributed by atoms with van der Waals surface area (Å²) in [6.07, 6.45) is 0.730. The third-order valence-electron chi connectivity index (χ3n) is 3.69. The lowest BCUT2D eigenvalue weighted by Gasteiger charge is -2.28. The molecule has 0 spiro atoms. The molecule has 2 atom stereocenters. The van der Waals surface area contributed by atoms with Crippen LogP contribution in [0.25, 0.3) is 0 Å². The quantitative estimate of drug-likeness (QED) is 0.932. The number of rotatable bonds is 3. The third-order valence-corrected chi connectivity index (χ3v) is 3.93. The number of nitrogens with zero attached hydrogens (tertiary/aromatic N) is 1. The number of amides is 2. The van der Waals surface area contributed by atoms with Gasteiger partial charge in [0, 0.05) is 29.6 Å². The van der Waals surface area contributed by atoms with E-state index in [4.69, 9.17) is 11.6 Å². The fourth-order valence-electron chi connectivity index (χ4n) is 2.45. The Hall–Kier alpha value is -1.62. The fourth-order valence-corrected chi connectivity index (χ4v) is 2.61. The topological polar surface area (TPSA) is 49.4 Å². The Labute approximate surface area is 128 Å². The molecule has 2 unspecified atom stereocenters. The molecule has 1 aromatic carbocycles. The maximum absolute atomic E-state index is 13.9. The summed E-state index contributed by atoms with van der Waals surface area (Å²) in [5.74, 6) is -0.772. The third kappa shape index (κ3) is 3.53. The minimum absolute atomic E-state index is 0.133. The number of benzene rings is 1. The Kier molecular flexibility index (Phi) is 4.83. The summed E-state index contributed by atoms with van der Waals surface area (Å²) in [6, 6.07) is 3.57. The summed E-state index contributed by atoms with van der Waals surface area (Å²) < 4.78 is 13.9. The van der Waals surface area contributed by atoms with Crippen molar-refractivity contribution in [3.63, 3.8) is 0 Å². The molecule has 0 radical (unpaired) electrons. The molecule has 2 rings (SSSR count). The molecule has 0 aromatic heterocycles. The lowest BCUT2D eigenvalue weighted by atomic mass is 10.1. The molecule has 2 amide bonds. The predicted octanol–water partition coefficient (Wildman–Crippen LogP) is 2.49. The average Bonchev–Trinajstić information content (AvgIpc) is 2.52. The molecular weight excluding hydrogens is 295 g/mol. The number of carbonyl (C=O) groups excluding carboxylic acids is 2. The highest BCUT2D eigenvalue weighted by Crippen LogP contribution is 2.20. The molecule has 0 bridgehead atoms.